The van der Waals surface area contributed by atoms with E-state index in [-0.39, 0.29) is 39.1 Å². The average Bonchev–Trinajstić information content (AvgIpc) is 2.98. The lowest BCUT2D eigenvalue weighted by Crippen LogP contribution is -2.44. The fraction of sp³-hybridized carbons (Fsp3) is 0.706. The number of hydrogen-bond donors (Lipinski definition) is 2. The molecule has 5 unspecified atom stereocenters. The van der Waals surface area contributed by atoms with Crippen LogP contribution >= 0.6 is 8.96 Å². The van der Waals surface area contributed by atoms with Crippen LogP contribution in [0.3, 0.4) is 0 Å². The van der Waals surface area contributed by atoms with Crippen molar-refractivity contribution in [3.05, 3.63) is 12.3 Å². The summed E-state index contributed by atoms with van der Waals surface area (Å²) in [6.45, 7) is 7.61. The van der Waals surface area contributed by atoms with Crippen LogP contribution in [-0.2, 0) is 23.6 Å². The molecule has 0 aromatic rings. The van der Waals surface area contributed by atoms with Crippen LogP contribution in [0.4, 0.5) is 4.79 Å². The first-order valence-corrected chi connectivity index (χ1v) is 9.81. The standard InChI is InChI=1S/C17H30N3O6P/c1-11(2)25-16(22)13(4)19-27-24-10-14-9-12(3)15(26-14)20(7-6-8-21)17(23)18-5/h6-8,11-15,19,27H,9-10H2,1-5H3,(H,18,23)/b7-6-. The number of amides is 2. The Morgan fingerprint density at radius 2 is 2.07 bits per heavy atom. The van der Waals surface area contributed by atoms with Gasteiger partial charge in [-0.15, -0.1) is 0 Å². The molecule has 0 radical (unpaired) electrons. The molecule has 27 heavy (non-hydrogen) atoms. The lowest BCUT2D eigenvalue weighted by Gasteiger charge is -2.27. The molecule has 1 rings (SSSR count). The molecule has 0 aromatic carbocycles. The van der Waals surface area contributed by atoms with Gasteiger partial charge in [0.2, 0.25) is 0 Å². The highest BCUT2D eigenvalue weighted by Gasteiger charge is 2.37. The first kappa shape index (κ1) is 23.5. The van der Waals surface area contributed by atoms with E-state index in [1.165, 1.54) is 24.2 Å². The minimum absolute atomic E-state index is 0.0726. The summed E-state index contributed by atoms with van der Waals surface area (Å²) in [4.78, 5) is 35.7. The topological polar surface area (TPSA) is 106 Å². The molecule has 0 aromatic heterocycles. The summed E-state index contributed by atoms with van der Waals surface area (Å²) in [5, 5.41) is 5.49. The van der Waals surface area contributed by atoms with Gasteiger partial charge in [-0.25, -0.2) is 4.79 Å². The Labute approximate surface area is 162 Å². The highest BCUT2D eigenvalue weighted by molar-refractivity contribution is 7.29. The molecular formula is C17H30N3O6P. The second-order valence-corrected chi connectivity index (χ2v) is 7.35. The molecule has 0 bridgehead atoms. The van der Waals surface area contributed by atoms with Gasteiger partial charge in [0.1, 0.15) is 18.6 Å². The average molecular weight is 403 g/mol. The van der Waals surface area contributed by atoms with Crippen molar-refractivity contribution >= 4 is 27.2 Å². The number of aldehydes is 1. The van der Waals surface area contributed by atoms with Gasteiger partial charge in [0.15, 0.2) is 0 Å². The molecule has 0 aliphatic carbocycles. The van der Waals surface area contributed by atoms with Gasteiger partial charge in [0, 0.05) is 19.2 Å². The minimum Gasteiger partial charge on any atom is -0.462 e. The van der Waals surface area contributed by atoms with E-state index in [1.807, 2.05) is 6.92 Å². The molecule has 9 nitrogen and oxygen atoms in total. The summed E-state index contributed by atoms with van der Waals surface area (Å²) in [6.07, 6.45) is 3.14. The Morgan fingerprint density at radius 3 is 2.67 bits per heavy atom. The maximum Gasteiger partial charge on any atom is 0.323 e. The smallest absolute Gasteiger partial charge is 0.323 e. The Bertz CT molecular complexity index is 531. The Balaban J connectivity index is 2.44. The normalized spacial score (nSPS) is 23.9. The van der Waals surface area contributed by atoms with Gasteiger partial charge in [-0.1, -0.05) is 6.92 Å². The molecular weight excluding hydrogens is 373 g/mol. The third-order valence-corrected chi connectivity index (χ3v) is 4.69. The highest BCUT2D eigenvalue weighted by atomic mass is 31.1. The van der Waals surface area contributed by atoms with Gasteiger partial charge in [-0.3, -0.25) is 19.6 Å². The first-order chi connectivity index (χ1) is 12.8. The number of allylic oxidation sites excluding steroid dienone is 1. The number of nitrogens with zero attached hydrogens (tertiary/aromatic N) is 1. The number of urea groups is 1. The number of esters is 1. The molecule has 10 heteroatoms. The van der Waals surface area contributed by atoms with Gasteiger partial charge in [0.25, 0.3) is 0 Å². The molecule has 1 aliphatic rings. The molecule has 0 saturated carbocycles. The summed E-state index contributed by atoms with van der Waals surface area (Å²) < 4.78 is 16.6. The summed E-state index contributed by atoms with van der Waals surface area (Å²) in [5.74, 6) is -0.251. The number of carbonyl (C=O) groups is 3. The van der Waals surface area contributed by atoms with Crippen molar-refractivity contribution in [2.45, 2.75) is 58.6 Å². The monoisotopic (exact) mass is 403 g/mol. The van der Waals surface area contributed by atoms with E-state index in [0.717, 1.165) is 0 Å². The minimum atomic E-state index is -0.481. The molecule has 2 amide bonds. The molecule has 1 saturated heterocycles. The quantitative estimate of drug-likeness (QED) is 0.187. The molecule has 2 N–H and O–H groups in total. The van der Waals surface area contributed by atoms with Crippen molar-refractivity contribution in [1.82, 2.24) is 15.3 Å². The van der Waals surface area contributed by atoms with Crippen molar-refractivity contribution in [2.75, 3.05) is 13.7 Å². The second-order valence-electron chi connectivity index (χ2n) is 6.57. The van der Waals surface area contributed by atoms with Crippen molar-refractivity contribution in [1.29, 1.82) is 0 Å². The lowest BCUT2D eigenvalue weighted by atomic mass is 10.1. The van der Waals surface area contributed by atoms with Crippen LogP contribution in [0.25, 0.3) is 0 Å². The van der Waals surface area contributed by atoms with Crippen LogP contribution in [0, 0.1) is 5.92 Å². The number of hydrogen-bond acceptors (Lipinski definition) is 7. The van der Waals surface area contributed by atoms with Gasteiger partial charge in [-0.05, 0) is 33.3 Å². The van der Waals surface area contributed by atoms with Gasteiger partial charge < -0.3 is 19.3 Å². The number of ether oxygens (including phenoxy) is 2. The van der Waals surface area contributed by atoms with Crippen LogP contribution in [-0.4, -0.2) is 61.3 Å². The van der Waals surface area contributed by atoms with E-state index >= 15 is 0 Å². The van der Waals surface area contributed by atoms with Crippen molar-refractivity contribution in [3.8, 4) is 0 Å². The second kappa shape index (κ2) is 12.0. The van der Waals surface area contributed by atoms with E-state index in [4.69, 9.17) is 14.0 Å². The predicted octanol–water partition coefficient (Wildman–Crippen LogP) is 1.55. The summed E-state index contributed by atoms with van der Waals surface area (Å²) in [7, 11) is 1.44. The molecule has 5 atom stereocenters. The maximum absolute atomic E-state index is 12.0. The molecule has 154 valence electrons. The summed E-state index contributed by atoms with van der Waals surface area (Å²) >= 11 is 0. The third-order valence-electron chi connectivity index (χ3n) is 3.82. The van der Waals surface area contributed by atoms with Crippen LogP contribution in [0.15, 0.2) is 12.3 Å². The SMILES string of the molecule is CNC(=O)N(/C=C\C=O)C1OC(COPNC(C)C(=O)OC(C)C)CC1C. The van der Waals surface area contributed by atoms with E-state index in [0.29, 0.717) is 19.3 Å². The largest absolute Gasteiger partial charge is 0.462 e. The zero-order valence-corrected chi connectivity index (χ0v) is 17.4. The van der Waals surface area contributed by atoms with Gasteiger partial charge in [-0.2, -0.15) is 0 Å². The van der Waals surface area contributed by atoms with Crippen LogP contribution in [0.1, 0.15) is 34.1 Å². The zero-order valence-electron chi connectivity index (χ0n) is 16.4. The van der Waals surface area contributed by atoms with Crippen molar-refractivity contribution in [3.63, 3.8) is 0 Å². The number of carbonyl (C=O) groups excluding carboxylic acids is 3. The predicted molar refractivity (Wildman–Crippen MR) is 102 cm³/mol. The van der Waals surface area contributed by atoms with Crippen LogP contribution in [0.5, 0.6) is 0 Å². The van der Waals surface area contributed by atoms with Crippen LogP contribution in [0.2, 0.25) is 0 Å². The van der Waals surface area contributed by atoms with Gasteiger partial charge in [0.05, 0.1) is 27.8 Å². The zero-order chi connectivity index (χ0) is 20.4. The van der Waals surface area contributed by atoms with E-state index in [2.05, 4.69) is 10.4 Å². The summed E-state index contributed by atoms with van der Waals surface area (Å²) in [5.41, 5.74) is 0. The van der Waals surface area contributed by atoms with Crippen molar-refractivity contribution in [2.24, 2.45) is 5.92 Å². The molecule has 1 aliphatic heterocycles. The number of nitrogens with one attached hydrogen (secondary N) is 2. The fourth-order valence-corrected chi connectivity index (χ4v) is 3.20. The Morgan fingerprint density at radius 1 is 1.37 bits per heavy atom. The Hall–Kier alpha value is -1.54. The molecule has 1 fully saturated rings. The first-order valence-electron chi connectivity index (χ1n) is 8.90. The summed E-state index contributed by atoms with van der Waals surface area (Å²) in [6, 6.07) is -0.813. The fourth-order valence-electron chi connectivity index (χ4n) is 2.55. The van der Waals surface area contributed by atoms with Crippen LogP contribution < -0.4 is 10.4 Å². The lowest BCUT2D eigenvalue weighted by molar-refractivity contribution is -0.148. The third kappa shape index (κ3) is 7.92. The van der Waals surface area contributed by atoms with E-state index < -0.39 is 12.3 Å². The molecule has 1 heterocycles. The molecule has 0 spiro atoms. The Kier molecular flexibility index (Phi) is 10.5. The van der Waals surface area contributed by atoms with Gasteiger partial charge >= 0.3 is 12.0 Å². The number of rotatable bonds is 10. The maximum atomic E-state index is 12.0. The van der Waals surface area contributed by atoms with Crippen molar-refractivity contribution < 1.29 is 28.4 Å². The van der Waals surface area contributed by atoms with E-state index in [1.54, 1.807) is 20.8 Å². The highest BCUT2D eigenvalue weighted by Crippen LogP contribution is 2.30. The van der Waals surface area contributed by atoms with E-state index in [9.17, 15) is 14.4 Å².